The molecule has 0 atom stereocenters. The minimum Gasteiger partial charge on any atom is -0.469 e. The SMILES string of the molecule is CCNc1ncnc(N2CCC(C(=O)OC)CC2)c1N. The number of nitrogen functional groups attached to an aromatic ring is 1. The van der Waals surface area contributed by atoms with E-state index in [9.17, 15) is 4.79 Å². The van der Waals surface area contributed by atoms with Crippen LogP contribution in [0.2, 0.25) is 0 Å². The van der Waals surface area contributed by atoms with Crippen molar-refractivity contribution in [3.05, 3.63) is 6.33 Å². The number of nitrogens with one attached hydrogen (secondary N) is 1. The molecule has 1 aliphatic heterocycles. The fraction of sp³-hybridized carbons (Fsp3) is 0.615. The number of rotatable bonds is 4. The number of anilines is 3. The van der Waals surface area contributed by atoms with Crippen molar-refractivity contribution in [3.8, 4) is 0 Å². The number of carbonyl (C=O) groups is 1. The van der Waals surface area contributed by atoms with E-state index >= 15 is 0 Å². The molecule has 2 rings (SSSR count). The molecule has 20 heavy (non-hydrogen) atoms. The van der Waals surface area contributed by atoms with Crippen LogP contribution in [0.5, 0.6) is 0 Å². The standard InChI is InChI=1S/C13H21N5O2/c1-3-15-11-10(14)12(17-8-16-11)18-6-4-9(5-7-18)13(19)20-2/h8-9H,3-7,14H2,1-2H3,(H,15,16,17). The third-order valence-electron chi connectivity index (χ3n) is 3.54. The van der Waals surface area contributed by atoms with Crippen molar-refractivity contribution in [2.24, 2.45) is 5.92 Å². The van der Waals surface area contributed by atoms with Crippen LogP contribution in [0.3, 0.4) is 0 Å². The molecule has 110 valence electrons. The van der Waals surface area contributed by atoms with E-state index in [0.717, 1.165) is 38.3 Å². The van der Waals surface area contributed by atoms with Crippen molar-refractivity contribution in [3.63, 3.8) is 0 Å². The molecule has 1 saturated heterocycles. The molecule has 1 aliphatic rings. The van der Waals surface area contributed by atoms with Gasteiger partial charge in [0.15, 0.2) is 11.6 Å². The average molecular weight is 279 g/mol. The Morgan fingerprint density at radius 1 is 1.50 bits per heavy atom. The summed E-state index contributed by atoms with van der Waals surface area (Å²) >= 11 is 0. The maximum atomic E-state index is 11.5. The second-order valence-corrected chi connectivity index (χ2v) is 4.77. The van der Waals surface area contributed by atoms with Crippen molar-refractivity contribution < 1.29 is 9.53 Å². The molecule has 0 spiro atoms. The van der Waals surface area contributed by atoms with Gasteiger partial charge < -0.3 is 20.7 Å². The molecule has 3 N–H and O–H groups in total. The summed E-state index contributed by atoms with van der Waals surface area (Å²) in [4.78, 5) is 22.0. The Bertz CT molecular complexity index is 472. The third kappa shape index (κ3) is 2.92. The first-order valence-corrected chi connectivity index (χ1v) is 6.84. The number of carbonyl (C=O) groups excluding carboxylic acids is 1. The van der Waals surface area contributed by atoms with Gasteiger partial charge in [0.2, 0.25) is 0 Å². The van der Waals surface area contributed by atoms with E-state index in [1.165, 1.54) is 13.4 Å². The van der Waals surface area contributed by atoms with Crippen LogP contribution in [0.15, 0.2) is 6.33 Å². The monoisotopic (exact) mass is 279 g/mol. The summed E-state index contributed by atoms with van der Waals surface area (Å²) in [5.41, 5.74) is 6.66. The molecule has 0 bridgehead atoms. The first kappa shape index (κ1) is 14.4. The van der Waals surface area contributed by atoms with Gasteiger partial charge in [-0.25, -0.2) is 9.97 Å². The first-order chi connectivity index (χ1) is 9.67. The zero-order chi connectivity index (χ0) is 14.5. The van der Waals surface area contributed by atoms with Gasteiger partial charge in [0.25, 0.3) is 0 Å². The van der Waals surface area contributed by atoms with Crippen LogP contribution in [0.4, 0.5) is 17.3 Å². The van der Waals surface area contributed by atoms with Crippen molar-refractivity contribution in [1.29, 1.82) is 0 Å². The normalized spacial score (nSPS) is 16.0. The molecule has 0 radical (unpaired) electrons. The van der Waals surface area contributed by atoms with Crippen LogP contribution in [0, 0.1) is 5.92 Å². The quantitative estimate of drug-likeness (QED) is 0.790. The zero-order valence-corrected chi connectivity index (χ0v) is 11.9. The molecule has 2 heterocycles. The number of nitrogens with zero attached hydrogens (tertiary/aromatic N) is 3. The van der Waals surface area contributed by atoms with Crippen molar-refractivity contribution in [2.75, 3.05) is 42.7 Å². The number of hydrogen-bond acceptors (Lipinski definition) is 7. The van der Waals surface area contributed by atoms with Gasteiger partial charge in [-0.3, -0.25) is 4.79 Å². The largest absolute Gasteiger partial charge is 0.469 e. The summed E-state index contributed by atoms with van der Waals surface area (Å²) < 4.78 is 4.79. The lowest BCUT2D eigenvalue weighted by molar-refractivity contribution is -0.146. The Labute approximate surface area is 118 Å². The fourth-order valence-electron chi connectivity index (χ4n) is 2.44. The fourth-order valence-corrected chi connectivity index (χ4v) is 2.44. The number of aromatic nitrogens is 2. The molecule has 0 saturated carbocycles. The summed E-state index contributed by atoms with van der Waals surface area (Å²) in [6, 6.07) is 0. The average Bonchev–Trinajstić information content (AvgIpc) is 2.49. The molecule has 0 aliphatic carbocycles. The van der Waals surface area contributed by atoms with E-state index in [2.05, 4.69) is 20.2 Å². The molecule has 7 heteroatoms. The minimum absolute atomic E-state index is 0.0208. The Hall–Kier alpha value is -2.05. The Morgan fingerprint density at radius 3 is 2.80 bits per heavy atom. The number of nitrogens with two attached hydrogens (primary N) is 1. The van der Waals surface area contributed by atoms with E-state index in [1.54, 1.807) is 0 Å². The summed E-state index contributed by atoms with van der Waals surface area (Å²) in [5.74, 6) is 1.24. The van der Waals surface area contributed by atoms with E-state index in [-0.39, 0.29) is 11.9 Å². The number of esters is 1. The third-order valence-corrected chi connectivity index (χ3v) is 3.54. The highest BCUT2D eigenvalue weighted by Crippen LogP contribution is 2.29. The van der Waals surface area contributed by atoms with E-state index < -0.39 is 0 Å². The number of methoxy groups -OCH3 is 1. The number of piperidine rings is 1. The van der Waals surface area contributed by atoms with Crippen molar-refractivity contribution >= 4 is 23.3 Å². The lowest BCUT2D eigenvalue weighted by atomic mass is 9.97. The Morgan fingerprint density at radius 2 is 2.20 bits per heavy atom. The van der Waals surface area contributed by atoms with Crippen LogP contribution in [0.25, 0.3) is 0 Å². The zero-order valence-electron chi connectivity index (χ0n) is 11.9. The van der Waals surface area contributed by atoms with Crippen molar-refractivity contribution in [1.82, 2.24) is 9.97 Å². The van der Waals surface area contributed by atoms with Crippen LogP contribution in [-0.4, -0.2) is 42.7 Å². The summed E-state index contributed by atoms with van der Waals surface area (Å²) in [5, 5.41) is 3.11. The lowest BCUT2D eigenvalue weighted by Gasteiger charge is -2.32. The molecule has 0 aromatic carbocycles. The van der Waals surface area contributed by atoms with Gasteiger partial charge in [-0.1, -0.05) is 0 Å². The topological polar surface area (TPSA) is 93.4 Å². The van der Waals surface area contributed by atoms with Crippen LogP contribution >= 0.6 is 0 Å². The first-order valence-electron chi connectivity index (χ1n) is 6.84. The molecule has 0 amide bonds. The van der Waals surface area contributed by atoms with Gasteiger partial charge in [-0.15, -0.1) is 0 Å². The van der Waals surface area contributed by atoms with Crippen LogP contribution in [-0.2, 0) is 9.53 Å². The minimum atomic E-state index is -0.131. The molecule has 0 unspecified atom stereocenters. The second-order valence-electron chi connectivity index (χ2n) is 4.77. The van der Waals surface area contributed by atoms with Gasteiger partial charge in [0.05, 0.1) is 13.0 Å². The highest BCUT2D eigenvalue weighted by molar-refractivity contribution is 5.76. The lowest BCUT2D eigenvalue weighted by Crippen LogP contribution is -2.37. The smallest absolute Gasteiger partial charge is 0.308 e. The van der Waals surface area contributed by atoms with E-state index in [0.29, 0.717) is 11.5 Å². The summed E-state index contributed by atoms with van der Waals surface area (Å²) in [6.45, 7) is 4.23. The molecular formula is C13H21N5O2. The predicted octanol–water partition coefficient (Wildman–Crippen LogP) is 0.880. The van der Waals surface area contributed by atoms with E-state index in [1.807, 2.05) is 6.92 Å². The van der Waals surface area contributed by atoms with Gasteiger partial charge in [0, 0.05) is 19.6 Å². The highest BCUT2D eigenvalue weighted by atomic mass is 16.5. The summed E-state index contributed by atoms with van der Waals surface area (Å²) in [6.07, 6.45) is 3.02. The molecule has 7 nitrogen and oxygen atoms in total. The van der Waals surface area contributed by atoms with Gasteiger partial charge in [0.1, 0.15) is 12.0 Å². The van der Waals surface area contributed by atoms with Gasteiger partial charge >= 0.3 is 5.97 Å². The van der Waals surface area contributed by atoms with E-state index in [4.69, 9.17) is 10.5 Å². The molecule has 1 aromatic rings. The predicted molar refractivity (Wildman–Crippen MR) is 77.6 cm³/mol. The second kappa shape index (κ2) is 6.40. The number of ether oxygens (including phenoxy) is 1. The van der Waals surface area contributed by atoms with Crippen LogP contribution < -0.4 is 16.0 Å². The van der Waals surface area contributed by atoms with Crippen molar-refractivity contribution in [2.45, 2.75) is 19.8 Å². The maximum Gasteiger partial charge on any atom is 0.308 e. The Balaban J connectivity index is 2.07. The Kier molecular flexibility index (Phi) is 4.60. The molecular weight excluding hydrogens is 258 g/mol. The summed E-state index contributed by atoms with van der Waals surface area (Å²) in [7, 11) is 1.43. The highest BCUT2D eigenvalue weighted by Gasteiger charge is 2.27. The van der Waals surface area contributed by atoms with Gasteiger partial charge in [-0.05, 0) is 19.8 Å². The van der Waals surface area contributed by atoms with Crippen LogP contribution in [0.1, 0.15) is 19.8 Å². The van der Waals surface area contributed by atoms with Gasteiger partial charge in [-0.2, -0.15) is 0 Å². The molecule has 1 fully saturated rings. The molecule has 1 aromatic heterocycles. The maximum absolute atomic E-state index is 11.5. The number of hydrogen-bond donors (Lipinski definition) is 2.